The lowest BCUT2D eigenvalue weighted by Gasteiger charge is -2.16. The summed E-state index contributed by atoms with van der Waals surface area (Å²) in [6, 6.07) is 3.48. The molecule has 1 aliphatic heterocycles. The number of amides is 1. The van der Waals surface area contributed by atoms with Gasteiger partial charge in [-0.1, -0.05) is 0 Å². The molecule has 120 valence electrons. The van der Waals surface area contributed by atoms with Crippen LogP contribution >= 0.6 is 11.8 Å². The van der Waals surface area contributed by atoms with Gasteiger partial charge in [-0.25, -0.2) is 4.98 Å². The molecule has 1 aromatic heterocycles. The summed E-state index contributed by atoms with van der Waals surface area (Å²) < 4.78 is 37.6. The van der Waals surface area contributed by atoms with Crippen LogP contribution in [-0.2, 0) is 0 Å². The van der Waals surface area contributed by atoms with E-state index in [1.807, 2.05) is 0 Å². The van der Waals surface area contributed by atoms with Crippen LogP contribution in [0.25, 0.3) is 0 Å². The summed E-state index contributed by atoms with van der Waals surface area (Å²) in [6.07, 6.45) is 4.50. The third-order valence-electron chi connectivity index (χ3n) is 3.85. The van der Waals surface area contributed by atoms with Gasteiger partial charge in [0.1, 0.15) is 5.03 Å². The molecule has 1 saturated heterocycles. The van der Waals surface area contributed by atoms with Crippen molar-refractivity contribution >= 4 is 17.7 Å². The number of nitrogens with one attached hydrogen (secondary N) is 1. The Labute approximate surface area is 130 Å². The van der Waals surface area contributed by atoms with Crippen molar-refractivity contribution in [1.29, 1.82) is 0 Å². The van der Waals surface area contributed by atoms with Gasteiger partial charge in [0, 0.05) is 43.1 Å². The van der Waals surface area contributed by atoms with Crippen LogP contribution in [0.2, 0.25) is 0 Å². The molecule has 1 aliphatic carbocycles. The highest BCUT2D eigenvalue weighted by atomic mass is 32.2. The normalized spacial score (nSPS) is 22.8. The summed E-state index contributed by atoms with van der Waals surface area (Å²) in [7, 11) is 0. The van der Waals surface area contributed by atoms with E-state index in [4.69, 9.17) is 0 Å². The summed E-state index contributed by atoms with van der Waals surface area (Å²) in [4.78, 5) is 18.3. The highest BCUT2D eigenvalue weighted by Gasteiger charge is 2.36. The van der Waals surface area contributed by atoms with Gasteiger partial charge in [-0.3, -0.25) is 9.69 Å². The summed E-state index contributed by atoms with van der Waals surface area (Å²) in [5.41, 5.74) is -4.48. The summed E-state index contributed by atoms with van der Waals surface area (Å²) in [6.45, 7) is 1.71. The lowest BCUT2D eigenvalue weighted by Crippen LogP contribution is -2.37. The maximum atomic E-state index is 12.5. The second-order valence-electron chi connectivity index (χ2n) is 5.59. The first-order valence-electron chi connectivity index (χ1n) is 7.18. The molecule has 1 aromatic rings. The second kappa shape index (κ2) is 6.08. The standard InChI is InChI=1S/C14H16F3N3OS/c15-14(16,17)22-13-11(2-1-6-18-13)12(21)19-9-5-7-20(8-9)10-3-4-10/h1-2,6,9-10H,3-5,7-8H2,(H,19,21). The average molecular weight is 331 g/mol. The SMILES string of the molecule is O=C(NC1CCN(C2CC2)C1)c1cccnc1SC(F)(F)F. The number of likely N-dealkylation sites (tertiary alicyclic amines) is 1. The number of aromatic nitrogens is 1. The molecule has 2 fully saturated rings. The summed E-state index contributed by atoms with van der Waals surface area (Å²) in [5.74, 6) is -0.484. The van der Waals surface area contributed by atoms with Gasteiger partial charge >= 0.3 is 5.51 Å². The minimum absolute atomic E-state index is 0.00274. The molecular weight excluding hydrogens is 315 g/mol. The fraction of sp³-hybridized carbons (Fsp3) is 0.571. The molecule has 1 atom stereocenters. The van der Waals surface area contributed by atoms with Gasteiger partial charge in [0.2, 0.25) is 0 Å². The van der Waals surface area contributed by atoms with Gasteiger partial charge in [0.25, 0.3) is 5.91 Å². The van der Waals surface area contributed by atoms with Crippen LogP contribution in [0.4, 0.5) is 13.2 Å². The van der Waals surface area contributed by atoms with E-state index in [0.29, 0.717) is 6.04 Å². The van der Waals surface area contributed by atoms with Gasteiger partial charge < -0.3 is 5.32 Å². The smallest absolute Gasteiger partial charge is 0.348 e. The van der Waals surface area contributed by atoms with Crippen molar-refractivity contribution in [2.45, 2.75) is 41.9 Å². The Balaban J connectivity index is 1.64. The van der Waals surface area contributed by atoms with Crippen molar-refractivity contribution in [3.05, 3.63) is 23.9 Å². The predicted octanol–water partition coefficient (Wildman–Crippen LogP) is 2.66. The molecule has 1 unspecified atom stereocenters. The van der Waals surface area contributed by atoms with Crippen LogP contribution in [0, 0.1) is 0 Å². The Bertz CT molecular complexity index is 563. The number of hydrogen-bond donors (Lipinski definition) is 1. The van der Waals surface area contributed by atoms with Crippen molar-refractivity contribution in [2.24, 2.45) is 0 Å². The molecule has 4 nitrogen and oxygen atoms in total. The highest BCUT2D eigenvalue weighted by molar-refractivity contribution is 8.00. The first-order valence-corrected chi connectivity index (χ1v) is 8.00. The van der Waals surface area contributed by atoms with E-state index in [1.165, 1.54) is 31.2 Å². The molecule has 22 heavy (non-hydrogen) atoms. The number of hydrogen-bond acceptors (Lipinski definition) is 4. The fourth-order valence-corrected chi connectivity index (χ4v) is 3.30. The zero-order chi connectivity index (χ0) is 15.7. The second-order valence-corrected chi connectivity index (χ2v) is 6.64. The van der Waals surface area contributed by atoms with Crippen molar-refractivity contribution < 1.29 is 18.0 Å². The molecular formula is C14H16F3N3OS. The molecule has 8 heteroatoms. The lowest BCUT2D eigenvalue weighted by atomic mass is 10.2. The Morgan fingerprint density at radius 3 is 2.82 bits per heavy atom. The Morgan fingerprint density at radius 2 is 2.14 bits per heavy atom. The predicted molar refractivity (Wildman–Crippen MR) is 76.6 cm³/mol. The van der Waals surface area contributed by atoms with Crippen molar-refractivity contribution in [3.63, 3.8) is 0 Å². The number of halogens is 3. The zero-order valence-electron chi connectivity index (χ0n) is 11.8. The van der Waals surface area contributed by atoms with E-state index in [9.17, 15) is 18.0 Å². The van der Waals surface area contributed by atoms with E-state index in [1.54, 1.807) is 0 Å². The highest BCUT2D eigenvalue weighted by Crippen LogP contribution is 2.37. The molecule has 2 heterocycles. The van der Waals surface area contributed by atoms with Crippen LogP contribution in [-0.4, -0.2) is 46.5 Å². The molecule has 0 spiro atoms. The van der Waals surface area contributed by atoms with Crippen molar-refractivity contribution in [2.75, 3.05) is 13.1 Å². The van der Waals surface area contributed by atoms with Gasteiger partial charge in [-0.15, -0.1) is 0 Å². The molecule has 1 amide bonds. The number of carbonyl (C=O) groups excluding carboxylic acids is 1. The van der Waals surface area contributed by atoms with Crippen LogP contribution in [0.5, 0.6) is 0 Å². The first kappa shape index (κ1) is 15.6. The third kappa shape index (κ3) is 3.92. The number of thioether (sulfide) groups is 1. The van der Waals surface area contributed by atoms with Crippen LogP contribution < -0.4 is 5.32 Å². The minimum atomic E-state index is -4.46. The van der Waals surface area contributed by atoms with Gasteiger partial charge in [-0.2, -0.15) is 13.2 Å². The summed E-state index contributed by atoms with van der Waals surface area (Å²) >= 11 is -0.353. The molecule has 3 rings (SSSR count). The molecule has 0 bridgehead atoms. The third-order valence-corrected chi connectivity index (χ3v) is 4.60. The number of nitrogens with zero attached hydrogens (tertiary/aromatic N) is 2. The van der Waals surface area contributed by atoms with Crippen LogP contribution in [0.1, 0.15) is 29.6 Å². The minimum Gasteiger partial charge on any atom is -0.348 e. The van der Waals surface area contributed by atoms with Crippen molar-refractivity contribution in [3.8, 4) is 0 Å². The average Bonchev–Trinajstić information content (AvgIpc) is 3.18. The fourth-order valence-electron chi connectivity index (χ4n) is 2.69. The molecule has 1 N–H and O–H groups in total. The number of rotatable bonds is 4. The number of alkyl halides is 3. The van der Waals surface area contributed by atoms with Crippen LogP contribution in [0.3, 0.4) is 0 Å². The van der Waals surface area contributed by atoms with E-state index in [0.717, 1.165) is 19.5 Å². The first-order chi connectivity index (χ1) is 10.4. The van der Waals surface area contributed by atoms with E-state index < -0.39 is 11.4 Å². The molecule has 2 aliphatic rings. The largest absolute Gasteiger partial charge is 0.447 e. The molecule has 1 saturated carbocycles. The van der Waals surface area contributed by atoms with Gasteiger partial charge in [0.05, 0.1) is 5.56 Å². The maximum Gasteiger partial charge on any atom is 0.447 e. The molecule has 0 aromatic carbocycles. The number of carbonyl (C=O) groups is 1. The van der Waals surface area contributed by atoms with E-state index >= 15 is 0 Å². The van der Waals surface area contributed by atoms with Gasteiger partial charge in [-0.05, 0) is 31.4 Å². The summed E-state index contributed by atoms with van der Waals surface area (Å²) in [5, 5.41) is 2.53. The lowest BCUT2D eigenvalue weighted by molar-refractivity contribution is -0.0329. The monoisotopic (exact) mass is 331 g/mol. The Kier molecular flexibility index (Phi) is 4.31. The van der Waals surface area contributed by atoms with Gasteiger partial charge in [0.15, 0.2) is 0 Å². The van der Waals surface area contributed by atoms with E-state index in [2.05, 4.69) is 15.2 Å². The zero-order valence-corrected chi connectivity index (χ0v) is 12.6. The quantitative estimate of drug-likeness (QED) is 0.862. The molecule has 0 radical (unpaired) electrons. The Hall–Kier alpha value is -1.28. The Morgan fingerprint density at radius 1 is 1.36 bits per heavy atom. The topological polar surface area (TPSA) is 45.2 Å². The van der Waals surface area contributed by atoms with E-state index in [-0.39, 0.29) is 28.4 Å². The van der Waals surface area contributed by atoms with Crippen molar-refractivity contribution in [1.82, 2.24) is 15.2 Å². The maximum absolute atomic E-state index is 12.5. The number of pyridine rings is 1. The van der Waals surface area contributed by atoms with Crippen LogP contribution in [0.15, 0.2) is 23.4 Å².